The standard InChI is InChI=1S/C15H12F3N3O/c1-8-10(3-4-14(20-8)22-2)11-5-9(15(16,17)18)6-13-12(11)7-19-21-13/h3-7H,1-2H3,(H,19,21). The van der Waals surface area contributed by atoms with Crippen molar-refractivity contribution in [2.24, 2.45) is 0 Å². The smallest absolute Gasteiger partial charge is 0.416 e. The molecular formula is C15H12F3N3O. The van der Waals surface area contributed by atoms with E-state index in [2.05, 4.69) is 15.2 Å². The lowest BCUT2D eigenvalue weighted by atomic mass is 9.98. The number of pyridine rings is 1. The van der Waals surface area contributed by atoms with E-state index >= 15 is 0 Å². The molecule has 0 aliphatic heterocycles. The van der Waals surface area contributed by atoms with Crippen LogP contribution in [0, 0.1) is 6.92 Å². The number of rotatable bonds is 2. The molecule has 0 spiro atoms. The van der Waals surface area contributed by atoms with Gasteiger partial charge >= 0.3 is 6.18 Å². The summed E-state index contributed by atoms with van der Waals surface area (Å²) in [7, 11) is 1.49. The maximum absolute atomic E-state index is 13.1. The highest BCUT2D eigenvalue weighted by molar-refractivity contribution is 5.95. The average Bonchev–Trinajstić information content (AvgIpc) is 2.93. The topological polar surface area (TPSA) is 50.8 Å². The van der Waals surface area contributed by atoms with Crippen LogP contribution in [0.5, 0.6) is 5.88 Å². The monoisotopic (exact) mass is 307 g/mol. The van der Waals surface area contributed by atoms with Crippen LogP contribution in [0.2, 0.25) is 0 Å². The van der Waals surface area contributed by atoms with Gasteiger partial charge in [0.15, 0.2) is 0 Å². The third-order valence-corrected chi connectivity index (χ3v) is 3.45. The van der Waals surface area contributed by atoms with Crippen molar-refractivity contribution in [2.75, 3.05) is 7.11 Å². The lowest BCUT2D eigenvalue weighted by Crippen LogP contribution is -2.05. The minimum absolute atomic E-state index is 0.333. The molecule has 1 N–H and O–H groups in total. The summed E-state index contributed by atoms with van der Waals surface area (Å²) in [6.07, 6.45) is -2.92. The van der Waals surface area contributed by atoms with Crippen molar-refractivity contribution in [3.05, 3.63) is 41.7 Å². The number of alkyl halides is 3. The van der Waals surface area contributed by atoms with Gasteiger partial charge < -0.3 is 4.74 Å². The Hall–Kier alpha value is -2.57. The number of nitrogens with zero attached hydrogens (tertiary/aromatic N) is 2. The highest BCUT2D eigenvalue weighted by Gasteiger charge is 2.32. The average molecular weight is 307 g/mol. The van der Waals surface area contributed by atoms with Crippen LogP contribution in [0.1, 0.15) is 11.3 Å². The molecule has 0 saturated carbocycles. The minimum Gasteiger partial charge on any atom is -0.481 e. The summed E-state index contributed by atoms with van der Waals surface area (Å²) in [5, 5.41) is 7.04. The Morgan fingerprint density at radius 2 is 1.91 bits per heavy atom. The van der Waals surface area contributed by atoms with E-state index in [1.807, 2.05) is 0 Å². The van der Waals surface area contributed by atoms with Crippen LogP contribution in [0.25, 0.3) is 22.0 Å². The zero-order valence-corrected chi connectivity index (χ0v) is 11.8. The quantitative estimate of drug-likeness (QED) is 0.779. The number of ether oxygens (including phenoxy) is 1. The molecule has 0 radical (unpaired) electrons. The molecule has 4 nitrogen and oxygen atoms in total. The van der Waals surface area contributed by atoms with Crippen molar-refractivity contribution in [1.29, 1.82) is 0 Å². The SMILES string of the molecule is COc1ccc(-c2cc(C(F)(F)F)cc3[nH]ncc23)c(C)n1. The Kier molecular flexibility index (Phi) is 3.27. The summed E-state index contributed by atoms with van der Waals surface area (Å²) in [6, 6.07) is 5.49. The predicted molar refractivity (Wildman–Crippen MR) is 75.6 cm³/mol. The zero-order valence-electron chi connectivity index (χ0n) is 11.8. The maximum atomic E-state index is 13.1. The number of aryl methyl sites for hydroxylation is 1. The number of fused-ring (bicyclic) bond motifs is 1. The molecule has 0 aliphatic carbocycles. The van der Waals surface area contributed by atoms with E-state index in [-0.39, 0.29) is 0 Å². The summed E-state index contributed by atoms with van der Waals surface area (Å²) >= 11 is 0. The molecule has 7 heteroatoms. The maximum Gasteiger partial charge on any atom is 0.416 e. The summed E-state index contributed by atoms with van der Waals surface area (Å²) in [4.78, 5) is 4.22. The Labute approximate surface area is 123 Å². The van der Waals surface area contributed by atoms with Gasteiger partial charge in [-0.25, -0.2) is 4.98 Å². The fourth-order valence-electron chi connectivity index (χ4n) is 2.37. The second-order valence-electron chi connectivity index (χ2n) is 4.84. The number of methoxy groups -OCH3 is 1. The third-order valence-electron chi connectivity index (χ3n) is 3.45. The van der Waals surface area contributed by atoms with Crippen LogP contribution in [0.15, 0.2) is 30.5 Å². The molecule has 0 bridgehead atoms. The van der Waals surface area contributed by atoms with E-state index in [1.165, 1.54) is 13.3 Å². The van der Waals surface area contributed by atoms with Crippen LogP contribution in [-0.4, -0.2) is 22.3 Å². The van der Waals surface area contributed by atoms with Crippen molar-refractivity contribution in [3.8, 4) is 17.0 Å². The van der Waals surface area contributed by atoms with Gasteiger partial charge in [0.25, 0.3) is 0 Å². The molecule has 3 rings (SSSR count). The second kappa shape index (κ2) is 5.01. The first-order chi connectivity index (χ1) is 10.4. The number of hydrogen-bond acceptors (Lipinski definition) is 3. The zero-order chi connectivity index (χ0) is 15.9. The fraction of sp³-hybridized carbons (Fsp3) is 0.200. The van der Waals surface area contributed by atoms with Gasteiger partial charge in [-0.05, 0) is 30.7 Å². The van der Waals surface area contributed by atoms with Crippen LogP contribution < -0.4 is 4.74 Å². The number of aromatic nitrogens is 3. The molecule has 0 amide bonds. The molecule has 114 valence electrons. The lowest BCUT2D eigenvalue weighted by Gasteiger charge is -2.12. The number of halogens is 3. The fourth-order valence-corrected chi connectivity index (χ4v) is 2.37. The number of benzene rings is 1. The van der Waals surface area contributed by atoms with Crippen LogP contribution in [0.4, 0.5) is 13.2 Å². The Bertz CT molecular complexity index is 840. The first-order valence-electron chi connectivity index (χ1n) is 6.46. The van der Waals surface area contributed by atoms with Gasteiger partial charge in [0.2, 0.25) is 5.88 Å². The second-order valence-corrected chi connectivity index (χ2v) is 4.84. The summed E-state index contributed by atoms with van der Waals surface area (Å²) in [5.74, 6) is 0.414. The van der Waals surface area contributed by atoms with Crippen molar-refractivity contribution in [2.45, 2.75) is 13.1 Å². The summed E-state index contributed by atoms with van der Waals surface area (Å²) in [6.45, 7) is 1.73. The van der Waals surface area contributed by atoms with E-state index in [9.17, 15) is 13.2 Å². The van der Waals surface area contributed by atoms with Crippen LogP contribution in [-0.2, 0) is 6.18 Å². The minimum atomic E-state index is -4.43. The van der Waals surface area contributed by atoms with Crippen LogP contribution in [0.3, 0.4) is 0 Å². The lowest BCUT2D eigenvalue weighted by molar-refractivity contribution is -0.137. The van der Waals surface area contributed by atoms with E-state index in [4.69, 9.17) is 4.74 Å². The largest absolute Gasteiger partial charge is 0.481 e. The van der Waals surface area contributed by atoms with E-state index in [0.717, 1.165) is 12.1 Å². The number of aromatic amines is 1. The van der Waals surface area contributed by atoms with Gasteiger partial charge in [-0.3, -0.25) is 5.10 Å². The van der Waals surface area contributed by atoms with Gasteiger partial charge in [-0.15, -0.1) is 0 Å². The van der Waals surface area contributed by atoms with Gasteiger partial charge in [-0.1, -0.05) is 0 Å². The molecule has 3 aromatic rings. The Balaban J connectivity index is 2.27. The molecule has 22 heavy (non-hydrogen) atoms. The highest BCUT2D eigenvalue weighted by Crippen LogP contribution is 2.37. The van der Waals surface area contributed by atoms with Crippen molar-refractivity contribution < 1.29 is 17.9 Å². The molecule has 0 saturated heterocycles. The molecule has 2 aromatic heterocycles. The van der Waals surface area contributed by atoms with Crippen molar-refractivity contribution in [3.63, 3.8) is 0 Å². The Morgan fingerprint density at radius 1 is 1.14 bits per heavy atom. The van der Waals surface area contributed by atoms with Gasteiger partial charge in [0, 0.05) is 22.7 Å². The van der Waals surface area contributed by atoms with Gasteiger partial charge in [0.05, 0.1) is 24.4 Å². The van der Waals surface area contributed by atoms with Crippen molar-refractivity contribution in [1.82, 2.24) is 15.2 Å². The highest BCUT2D eigenvalue weighted by atomic mass is 19.4. The number of H-pyrrole nitrogens is 1. The van der Waals surface area contributed by atoms with E-state index < -0.39 is 11.7 Å². The summed E-state index contributed by atoms with van der Waals surface area (Å²) < 4.78 is 44.2. The molecule has 0 atom stereocenters. The first-order valence-corrected chi connectivity index (χ1v) is 6.46. The number of nitrogens with one attached hydrogen (secondary N) is 1. The molecule has 0 unspecified atom stereocenters. The van der Waals surface area contributed by atoms with Gasteiger partial charge in [-0.2, -0.15) is 18.3 Å². The Morgan fingerprint density at radius 3 is 2.55 bits per heavy atom. The molecule has 0 fully saturated rings. The normalized spacial score (nSPS) is 11.9. The predicted octanol–water partition coefficient (Wildman–Crippen LogP) is 3.96. The molecular weight excluding hydrogens is 295 g/mol. The molecule has 0 aliphatic rings. The van der Waals surface area contributed by atoms with E-state index in [0.29, 0.717) is 33.6 Å². The van der Waals surface area contributed by atoms with Crippen molar-refractivity contribution >= 4 is 10.9 Å². The van der Waals surface area contributed by atoms with Gasteiger partial charge in [0.1, 0.15) is 0 Å². The molecule has 1 aromatic carbocycles. The number of hydrogen-bond donors (Lipinski definition) is 1. The van der Waals surface area contributed by atoms with Crippen LogP contribution >= 0.6 is 0 Å². The summed E-state index contributed by atoms with van der Waals surface area (Å²) in [5.41, 5.74) is 1.24. The molecule has 2 heterocycles. The first kappa shape index (κ1) is 14.4. The van der Waals surface area contributed by atoms with E-state index in [1.54, 1.807) is 19.1 Å². The third kappa shape index (κ3) is 2.38.